The zero-order valence-corrected chi connectivity index (χ0v) is 11.1. The molecule has 0 aliphatic carbocycles. The fourth-order valence-corrected chi connectivity index (χ4v) is 2.66. The summed E-state index contributed by atoms with van der Waals surface area (Å²) < 4.78 is 6.76. The average molecular weight is 276 g/mol. The first kappa shape index (κ1) is 12.1. The number of fused-ring (bicyclic) bond motifs is 1. The molecule has 0 saturated heterocycles. The third kappa shape index (κ3) is 2.42. The predicted molar refractivity (Wildman–Crippen MR) is 70.3 cm³/mol. The van der Waals surface area contributed by atoms with Gasteiger partial charge in [-0.25, -0.2) is 0 Å². The van der Waals surface area contributed by atoms with Crippen molar-refractivity contribution >= 4 is 16.3 Å². The third-order valence-electron chi connectivity index (χ3n) is 2.66. The van der Waals surface area contributed by atoms with Crippen LogP contribution in [0.15, 0.2) is 24.3 Å². The van der Waals surface area contributed by atoms with Crippen molar-refractivity contribution in [2.75, 3.05) is 7.11 Å². The standard InChI is InChI=1S/C12H12N4O2S/c1-18-7-10-13-14-12-16(10)15-11(19-12)6-8-2-4-9(17)5-3-8/h2-5,17H,6-7H2,1H3. The van der Waals surface area contributed by atoms with Crippen molar-refractivity contribution in [1.82, 2.24) is 19.8 Å². The predicted octanol–water partition coefficient (Wildman–Crippen LogP) is 1.63. The second kappa shape index (κ2) is 4.94. The normalized spacial score (nSPS) is 11.2. The molecule has 0 bridgehead atoms. The van der Waals surface area contributed by atoms with Crippen molar-refractivity contribution in [1.29, 1.82) is 0 Å². The van der Waals surface area contributed by atoms with Crippen molar-refractivity contribution in [2.24, 2.45) is 0 Å². The number of hydrogen-bond acceptors (Lipinski definition) is 6. The highest BCUT2D eigenvalue weighted by molar-refractivity contribution is 7.16. The number of phenolic OH excluding ortho intramolecular Hbond substituents is 1. The first-order chi connectivity index (χ1) is 9.26. The highest BCUT2D eigenvalue weighted by Crippen LogP contribution is 2.19. The topological polar surface area (TPSA) is 72.5 Å². The van der Waals surface area contributed by atoms with Crippen LogP contribution >= 0.6 is 11.3 Å². The van der Waals surface area contributed by atoms with Crippen LogP contribution in [0.4, 0.5) is 0 Å². The Morgan fingerprint density at radius 1 is 1.26 bits per heavy atom. The Balaban J connectivity index is 1.87. The smallest absolute Gasteiger partial charge is 0.234 e. The molecule has 0 unspecified atom stereocenters. The van der Waals surface area contributed by atoms with Crippen LogP contribution in [0.5, 0.6) is 5.75 Å². The van der Waals surface area contributed by atoms with Gasteiger partial charge in [0.05, 0.1) is 0 Å². The van der Waals surface area contributed by atoms with Crippen LogP contribution in [0, 0.1) is 0 Å². The van der Waals surface area contributed by atoms with Crippen LogP contribution in [-0.2, 0) is 17.8 Å². The molecule has 1 aromatic carbocycles. The molecule has 0 amide bonds. The Morgan fingerprint density at radius 3 is 2.79 bits per heavy atom. The van der Waals surface area contributed by atoms with Gasteiger partial charge in [0.1, 0.15) is 17.4 Å². The summed E-state index contributed by atoms with van der Waals surface area (Å²) in [6, 6.07) is 7.11. The maximum atomic E-state index is 9.25. The van der Waals surface area contributed by atoms with E-state index in [1.165, 1.54) is 11.3 Å². The third-order valence-corrected chi connectivity index (χ3v) is 3.56. The summed E-state index contributed by atoms with van der Waals surface area (Å²) in [4.78, 5) is 0.765. The number of phenols is 1. The number of methoxy groups -OCH3 is 1. The van der Waals surface area contributed by atoms with Gasteiger partial charge in [-0.15, -0.1) is 10.2 Å². The lowest BCUT2D eigenvalue weighted by molar-refractivity contribution is 0.176. The minimum absolute atomic E-state index is 0.268. The van der Waals surface area contributed by atoms with Gasteiger partial charge in [0, 0.05) is 13.5 Å². The average Bonchev–Trinajstić information content (AvgIpc) is 2.94. The molecular formula is C12H12N4O2S. The Morgan fingerprint density at radius 2 is 2.05 bits per heavy atom. The van der Waals surface area contributed by atoms with E-state index in [1.54, 1.807) is 23.8 Å². The van der Waals surface area contributed by atoms with E-state index in [-0.39, 0.29) is 5.75 Å². The minimum atomic E-state index is 0.268. The molecule has 0 spiro atoms. The lowest BCUT2D eigenvalue weighted by Gasteiger charge is -1.97. The van der Waals surface area contributed by atoms with Gasteiger partial charge in [0.25, 0.3) is 0 Å². The Labute approximate surface area is 113 Å². The molecular weight excluding hydrogens is 264 g/mol. The molecule has 3 aromatic rings. The van der Waals surface area contributed by atoms with Crippen LogP contribution in [0.25, 0.3) is 4.96 Å². The molecule has 0 fully saturated rings. The summed E-state index contributed by atoms with van der Waals surface area (Å²) in [5.74, 6) is 0.968. The van der Waals surface area contributed by atoms with E-state index in [0.717, 1.165) is 15.5 Å². The number of benzene rings is 1. The van der Waals surface area contributed by atoms with Crippen LogP contribution in [0.1, 0.15) is 16.4 Å². The molecule has 3 rings (SSSR count). The summed E-state index contributed by atoms with van der Waals surface area (Å²) in [6.45, 7) is 0.392. The van der Waals surface area contributed by atoms with Crippen molar-refractivity contribution in [3.63, 3.8) is 0 Å². The summed E-state index contributed by atoms with van der Waals surface area (Å²) in [7, 11) is 1.62. The van der Waals surface area contributed by atoms with Gasteiger partial charge < -0.3 is 9.84 Å². The summed E-state index contributed by atoms with van der Waals surface area (Å²) >= 11 is 1.50. The van der Waals surface area contributed by atoms with Gasteiger partial charge in [0.2, 0.25) is 4.96 Å². The molecule has 7 heteroatoms. The van der Waals surface area contributed by atoms with E-state index in [1.807, 2.05) is 12.1 Å². The van der Waals surface area contributed by atoms with Crippen molar-refractivity contribution in [2.45, 2.75) is 13.0 Å². The number of ether oxygens (including phenoxy) is 1. The SMILES string of the molecule is COCc1nnc2sc(Cc3ccc(O)cc3)nn12. The van der Waals surface area contributed by atoms with Crippen LogP contribution in [0.2, 0.25) is 0 Å². The zero-order chi connectivity index (χ0) is 13.2. The van der Waals surface area contributed by atoms with Gasteiger partial charge in [-0.05, 0) is 17.7 Å². The Kier molecular flexibility index (Phi) is 3.14. The number of rotatable bonds is 4. The van der Waals surface area contributed by atoms with E-state index in [0.29, 0.717) is 18.9 Å². The zero-order valence-electron chi connectivity index (χ0n) is 10.3. The van der Waals surface area contributed by atoms with Crippen molar-refractivity contribution < 1.29 is 9.84 Å². The molecule has 6 nitrogen and oxygen atoms in total. The lowest BCUT2D eigenvalue weighted by Crippen LogP contribution is -1.98. The van der Waals surface area contributed by atoms with E-state index < -0.39 is 0 Å². The number of aromatic nitrogens is 4. The van der Waals surface area contributed by atoms with Crippen molar-refractivity contribution in [3.05, 3.63) is 40.7 Å². The van der Waals surface area contributed by atoms with Crippen LogP contribution in [0.3, 0.4) is 0 Å². The first-order valence-electron chi connectivity index (χ1n) is 5.73. The van der Waals surface area contributed by atoms with E-state index in [2.05, 4.69) is 15.3 Å². The number of hydrogen-bond donors (Lipinski definition) is 1. The molecule has 2 heterocycles. The van der Waals surface area contributed by atoms with Gasteiger partial charge in [-0.1, -0.05) is 23.5 Å². The fraction of sp³-hybridized carbons (Fsp3) is 0.250. The lowest BCUT2D eigenvalue weighted by atomic mass is 10.1. The molecule has 0 radical (unpaired) electrons. The van der Waals surface area contributed by atoms with Gasteiger partial charge >= 0.3 is 0 Å². The van der Waals surface area contributed by atoms with Crippen LogP contribution < -0.4 is 0 Å². The highest BCUT2D eigenvalue weighted by Gasteiger charge is 2.11. The maximum Gasteiger partial charge on any atom is 0.234 e. The molecule has 0 saturated carbocycles. The second-order valence-electron chi connectivity index (χ2n) is 4.08. The fourth-order valence-electron chi connectivity index (χ4n) is 1.78. The second-order valence-corrected chi connectivity index (χ2v) is 5.12. The molecule has 2 aromatic heterocycles. The molecule has 19 heavy (non-hydrogen) atoms. The summed E-state index contributed by atoms with van der Waals surface area (Å²) in [5, 5.41) is 22.7. The Bertz CT molecular complexity index is 689. The molecule has 0 aliphatic heterocycles. The molecule has 0 aliphatic rings. The molecule has 98 valence electrons. The van der Waals surface area contributed by atoms with Gasteiger partial charge in [0.15, 0.2) is 5.82 Å². The van der Waals surface area contributed by atoms with Gasteiger partial charge in [-0.3, -0.25) is 0 Å². The van der Waals surface area contributed by atoms with E-state index in [4.69, 9.17) is 4.74 Å². The Hall–Kier alpha value is -1.99. The van der Waals surface area contributed by atoms with Crippen molar-refractivity contribution in [3.8, 4) is 5.75 Å². The number of aromatic hydroxyl groups is 1. The van der Waals surface area contributed by atoms with E-state index >= 15 is 0 Å². The first-order valence-corrected chi connectivity index (χ1v) is 6.55. The summed E-state index contributed by atoms with van der Waals surface area (Å²) in [6.07, 6.45) is 0.709. The molecule has 1 N–H and O–H groups in total. The maximum absolute atomic E-state index is 9.25. The van der Waals surface area contributed by atoms with Crippen LogP contribution in [-0.4, -0.2) is 32.0 Å². The minimum Gasteiger partial charge on any atom is -0.508 e. The van der Waals surface area contributed by atoms with Gasteiger partial charge in [-0.2, -0.15) is 9.61 Å². The summed E-state index contributed by atoms with van der Waals surface area (Å²) in [5.41, 5.74) is 1.09. The largest absolute Gasteiger partial charge is 0.508 e. The molecule has 0 atom stereocenters. The highest BCUT2D eigenvalue weighted by atomic mass is 32.1. The number of nitrogens with zero attached hydrogens (tertiary/aromatic N) is 4. The van der Waals surface area contributed by atoms with E-state index in [9.17, 15) is 5.11 Å². The quantitative estimate of drug-likeness (QED) is 0.784. The monoisotopic (exact) mass is 276 g/mol.